The van der Waals surface area contributed by atoms with Gasteiger partial charge in [-0.15, -0.1) is 0 Å². The lowest BCUT2D eigenvalue weighted by atomic mass is 10.1. The van der Waals surface area contributed by atoms with Gasteiger partial charge >= 0.3 is 5.97 Å². The molecule has 0 atom stereocenters. The number of rotatable bonds is 5. The summed E-state index contributed by atoms with van der Waals surface area (Å²) >= 11 is 6.01. The topological polar surface area (TPSA) is 72.0 Å². The molecular formula is C24H18ClNO4. The van der Waals surface area contributed by atoms with Gasteiger partial charge in [-0.1, -0.05) is 11.6 Å². The quantitative estimate of drug-likeness (QED) is 0.425. The molecule has 0 spiro atoms. The van der Waals surface area contributed by atoms with Crippen LogP contribution in [-0.2, 0) is 0 Å². The zero-order valence-electron chi connectivity index (χ0n) is 16.1. The van der Waals surface area contributed by atoms with Gasteiger partial charge in [0, 0.05) is 22.0 Å². The van der Waals surface area contributed by atoms with Gasteiger partial charge in [-0.3, -0.25) is 0 Å². The van der Waals surface area contributed by atoms with Crippen LogP contribution in [0, 0.1) is 0 Å². The van der Waals surface area contributed by atoms with Crippen LogP contribution >= 0.6 is 11.6 Å². The summed E-state index contributed by atoms with van der Waals surface area (Å²) in [6.07, 6.45) is 0. The maximum absolute atomic E-state index is 11.1. The number of nitrogens with zero attached hydrogens (tertiary/aromatic N) is 1. The first-order valence-corrected chi connectivity index (χ1v) is 9.76. The third-order valence-corrected chi connectivity index (χ3v) is 4.77. The molecule has 1 N–H and O–H groups in total. The van der Waals surface area contributed by atoms with Crippen molar-refractivity contribution in [1.29, 1.82) is 0 Å². The molecule has 3 aromatic carbocycles. The van der Waals surface area contributed by atoms with E-state index in [-0.39, 0.29) is 5.56 Å². The van der Waals surface area contributed by atoms with E-state index in [1.807, 2.05) is 43.3 Å². The molecule has 0 aliphatic rings. The number of benzene rings is 3. The summed E-state index contributed by atoms with van der Waals surface area (Å²) in [5.74, 6) is 0.387. The highest BCUT2D eigenvalue weighted by atomic mass is 35.5. The van der Waals surface area contributed by atoms with E-state index in [0.717, 1.165) is 16.7 Å². The van der Waals surface area contributed by atoms with Crippen LogP contribution in [0.25, 0.3) is 22.3 Å². The Balaban J connectivity index is 1.92. The molecule has 30 heavy (non-hydrogen) atoms. The molecule has 0 fully saturated rings. The van der Waals surface area contributed by atoms with E-state index in [2.05, 4.69) is 0 Å². The number of hydrogen-bond donors (Lipinski definition) is 1. The zero-order chi connectivity index (χ0) is 21.1. The average Bonchev–Trinajstić information content (AvgIpc) is 2.75. The minimum atomic E-state index is -0.975. The minimum Gasteiger partial charge on any atom is -0.494 e. The molecule has 0 bridgehead atoms. The molecule has 0 aliphatic carbocycles. The van der Waals surface area contributed by atoms with E-state index in [0.29, 0.717) is 34.0 Å². The summed E-state index contributed by atoms with van der Waals surface area (Å²) in [5.41, 5.74) is 2.37. The van der Waals surface area contributed by atoms with Crippen molar-refractivity contribution in [3.8, 4) is 17.1 Å². The summed E-state index contributed by atoms with van der Waals surface area (Å²) in [7, 11) is 0. The van der Waals surface area contributed by atoms with E-state index in [1.165, 1.54) is 12.1 Å². The molecule has 150 valence electrons. The molecule has 0 radical (unpaired) electrons. The van der Waals surface area contributed by atoms with Crippen LogP contribution in [0.1, 0.15) is 17.3 Å². The van der Waals surface area contributed by atoms with Crippen molar-refractivity contribution in [3.05, 3.63) is 88.7 Å². The van der Waals surface area contributed by atoms with Crippen molar-refractivity contribution in [2.45, 2.75) is 6.92 Å². The van der Waals surface area contributed by atoms with E-state index in [1.54, 1.807) is 24.3 Å². The van der Waals surface area contributed by atoms with Gasteiger partial charge in [0.25, 0.3) is 0 Å². The van der Waals surface area contributed by atoms with Crippen LogP contribution < -0.4 is 10.1 Å². The molecule has 4 aromatic rings. The van der Waals surface area contributed by atoms with Crippen molar-refractivity contribution in [3.63, 3.8) is 0 Å². The van der Waals surface area contributed by atoms with Crippen molar-refractivity contribution in [2.75, 3.05) is 6.61 Å². The highest BCUT2D eigenvalue weighted by Crippen LogP contribution is 2.26. The van der Waals surface area contributed by atoms with E-state index in [9.17, 15) is 4.79 Å². The lowest BCUT2D eigenvalue weighted by Gasteiger charge is -2.08. The van der Waals surface area contributed by atoms with Crippen LogP contribution in [0.4, 0.5) is 5.69 Å². The molecular weight excluding hydrogens is 402 g/mol. The van der Waals surface area contributed by atoms with E-state index < -0.39 is 5.97 Å². The van der Waals surface area contributed by atoms with Crippen LogP contribution in [0.15, 0.2) is 82.2 Å². The third kappa shape index (κ3) is 4.21. The SMILES string of the molecule is CCOc1ccc2oc(-c3ccc(Cl)cc3)cc(=Nc3ccc(C(=O)O)cc3)c2c1. The van der Waals surface area contributed by atoms with Crippen LogP contribution in [-0.4, -0.2) is 17.7 Å². The fourth-order valence-electron chi connectivity index (χ4n) is 3.07. The predicted molar refractivity (Wildman–Crippen MR) is 116 cm³/mol. The van der Waals surface area contributed by atoms with Crippen molar-refractivity contribution < 1.29 is 19.1 Å². The van der Waals surface area contributed by atoms with Gasteiger partial charge in [-0.2, -0.15) is 0 Å². The normalized spacial score (nSPS) is 11.6. The maximum atomic E-state index is 11.1. The molecule has 0 saturated heterocycles. The third-order valence-electron chi connectivity index (χ3n) is 4.52. The first kappa shape index (κ1) is 19.7. The van der Waals surface area contributed by atoms with Gasteiger partial charge in [0.05, 0.1) is 23.2 Å². The van der Waals surface area contributed by atoms with Gasteiger partial charge in [-0.25, -0.2) is 9.79 Å². The Morgan fingerprint density at radius 3 is 2.43 bits per heavy atom. The molecule has 5 nitrogen and oxygen atoms in total. The lowest BCUT2D eigenvalue weighted by molar-refractivity contribution is 0.0697. The van der Waals surface area contributed by atoms with Gasteiger partial charge in [0.1, 0.15) is 17.1 Å². The van der Waals surface area contributed by atoms with Crippen LogP contribution in [0.3, 0.4) is 0 Å². The highest BCUT2D eigenvalue weighted by Gasteiger charge is 2.08. The Bertz CT molecular complexity index is 1280. The Morgan fingerprint density at radius 2 is 1.77 bits per heavy atom. The molecule has 4 rings (SSSR count). The number of carboxylic acids is 1. The average molecular weight is 420 g/mol. The van der Waals surface area contributed by atoms with Gasteiger partial charge in [0.2, 0.25) is 0 Å². The highest BCUT2D eigenvalue weighted by molar-refractivity contribution is 6.30. The Morgan fingerprint density at radius 1 is 1.03 bits per heavy atom. The van der Waals surface area contributed by atoms with Gasteiger partial charge in [0.15, 0.2) is 0 Å². The second kappa shape index (κ2) is 8.43. The first-order valence-electron chi connectivity index (χ1n) is 9.38. The number of fused-ring (bicyclic) bond motifs is 1. The van der Waals surface area contributed by atoms with Crippen LogP contribution in [0.5, 0.6) is 5.75 Å². The van der Waals surface area contributed by atoms with E-state index >= 15 is 0 Å². The number of aromatic carboxylic acids is 1. The standard InChI is InChI=1S/C24H18ClNO4/c1-2-29-19-11-12-22-20(13-19)21(26-18-9-5-16(6-10-18)24(27)28)14-23(30-22)15-3-7-17(25)8-4-15/h3-14H,2H2,1H3,(H,27,28). The maximum Gasteiger partial charge on any atom is 0.335 e. The van der Waals surface area contributed by atoms with Crippen LogP contribution in [0.2, 0.25) is 5.02 Å². The van der Waals surface area contributed by atoms with E-state index in [4.69, 9.17) is 30.9 Å². The fraction of sp³-hybridized carbons (Fsp3) is 0.0833. The number of carboxylic acid groups (broad SMARTS) is 1. The predicted octanol–water partition coefficient (Wildman–Crippen LogP) is 6.08. The number of hydrogen-bond acceptors (Lipinski definition) is 4. The monoisotopic (exact) mass is 419 g/mol. The molecule has 6 heteroatoms. The zero-order valence-corrected chi connectivity index (χ0v) is 16.9. The van der Waals surface area contributed by atoms with Crippen molar-refractivity contribution in [1.82, 2.24) is 0 Å². The van der Waals surface area contributed by atoms with Gasteiger partial charge in [-0.05, 0) is 73.7 Å². The summed E-state index contributed by atoms with van der Waals surface area (Å²) in [4.78, 5) is 15.8. The molecule has 0 aliphatic heterocycles. The summed E-state index contributed by atoms with van der Waals surface area (Å²) in [6, 6.07) is 21.2. The molecule has 1 aromatic heterocycles. The first-order chi connectivity index (χ1) is 14.5. The number of ether oxygens (including phenoxy) is 1. The molecule has 0 unspecified atom stereocenters. The Labute approximate surface area is 177 Å². The molecule has 1 heterocycles. The summed E-state index contributed by atoms with van der Waals surface area (Å²) in [5, 5.41) is 11.2. The largest absolute Gasteiger partial charge is 0.494 e. The Hall–Kier alpha value is -3.57. The summed E-state index contributed by atoms with van der Waals surface area (Å²) < 4.78 is 11.7. The molecule has 0 saturated carbocycles. The molecule has 0 amide bonds. The lowest BCUT2D eigenvalue weighted by Crippen LogP contribution is -2.04. The second-order valence-electron chi connectivity index (χ2n) is 6.56. The van der Waals surface area contributed by atoms with Crippen molar-refractivity contribution >= 4 is 34.2 Å². The van der Waals surface area contributed by atoms with Crippen molar-refractivity contribution in [2.24, 2.45) is 4.99 Å². The smallest absolute Gasteiger partial charge is 0.335 e. The minimum absolute atomic E-state index is 0.211. The number of halogens is 1. The number of carbonyl (C=O) groups is 1. The Kier molecular flexibility index (Phi) is 5.55. The fourth-order valence-corrected chi connectivity index (χ4v) is 3.20. The van der Waals surface area contributed by atoms with Gasteiger partial charge < -0.3 is 14.3 Å². The summed E-state index contributed by atoms with van der Waals surface area (Å²) in [6.45, 7) is 2.47. The second-order valence-corrected chi connectivity index (χ2v) is 6.99.